The number of guanidine groups is 1. The van der Waals surface area contributed by atoms with Crippen molar-refractivity contribution in [3.05, 3.63) is 29.8 Å². The molecular weight excluding hydrogens is 418 g/mol. The Labute approximate surface area is 197 Å². The maximum Gasteiger partial charge on any atom is 0.204 e. The van der Waals surface area contributed by atoms with Crippen molar-refractivity contribution in [3.8, 4) is 5.75 Å². The van der Waals surface area contributed by atoms with Crippen molar-refractivity contribution in [3.63, 3.8) is 0 Å². The van der Waals surface area contributed by atoms with E-state index in [9.17, 15) is 0 Å². The molecule has 182 valence electrons. The summed E-state index contributed by atoms with van der Waals surface area (Å²) >= 11 is 0. The third-order valence-corrected chi connectivity index (χ3v) is 8.37. The second-order valence-corrected chi connectivity index (χ2v) is 10.8. The zero-order chi connectivity index (χ0) is 22.9. The molecule has 1 saturated heterocycles. The van der Waals surface area contributed by atoms with E-state index in [4.69, 9.17) is 30.7 Å². The second kappa shape index (κ2) is 9.43. The predicted octanol–water partition coefficient (Wildman–Crippen LogP) is 4.60. The first-order valence-electron chi connectivity index (χ1n) is 12.8. The Morgan fingerprint density at radius 3 is 2.36 bits per heavy atom. The second-order valence-electron chi connectivity index (χ2n) is 10.8. The molecule has 3 aliphatic carbocycles. The Bertz CT molecular complexity index is 820. The standard InChI is InChI=1S/C26H39N3O4/c1-25(22-16-18-3-2-4-19(15-18)17-22)31-26(33-32-25)11-9-21(10-12-26)20-5-7-23(8-6-20)30-14-13-29-24(27)28/h5-8,18-19,21-22H,2-4,9-17H2,1H3,(H4,27,28,29)/t18?,19?,21?,22?,25-,26?/m0/s1. The molecule has 1 heterocycles. The third kappa shape index (κ3) is 5.15. The van der Waals surface area contributed by atoms with Crippen LogP contribution in [-0.2, 0) is 14.5 Å². The molecule has 0 radical (unpaired) electrons. The van der Waals surface area contributed by atoms with E-state index < -0.39 is 11.6 Å². The van der Waals surface area contributed by atoms with E-state index in [1.54, 1.807) is 0 Å². The minimum atomic E-state index is -0.599. The quantitative estimate of drug-likeness (QED) is 0.280. The molecule has 7 nitrogen and oxygen atoms in total. The average molecular weight is 458 g/mol. The lowest BCUT2D eigenvalue weighted by molar-refractivity contribution is -0.361. The number of hydrogen-bond acceptors (Lipinski definition) is 5. The minimum absolute atomic E-state index is 0.0891. The molecule has 2 unspecified atom stereocenters. The van der Waals surface area contributed by atoms with E-state index in [-0.39, 0.29) is 5.96 Å². The van der Waals surface area contributed by atoms with E-state index in [0.29, 0.717) is 25.0 Å². The highest BCUT2D eigenvalue weighted by Crippen LogP contribution is 2.53. The number of nitrogens with two attached hydrogens (primary N) is 2. The fourth-order valence-electron chi connectivity index (χ4n) is 6.62. The Balaban J connectivity index is 1.13. The van der Waals surface area contributed by atoms with Gasteiger partial charge in [0.2, 0.25) is 11.6 Å². The van der Waals surface area contributed by atoms with E-state index in [1.165, 1.54) is 44.1 Å². The van der Waals surface area contributed by atoms with Crippen LogP contribution in [0.25, 0.3) is 0 Å². The number of benzene rings is 1. The smallest absolute Gasteiger partial charge is 0.204 e. The van der Waals surface area contributed by atoms with Gasteiger partial charge in [-0.3, -0.25) is 4.99 Å². The number of rotatable bonds is 6. The van der Waals surface area contributed by atoms with Gasteiger partial charge < -0.3 is 20.9 Å². The van der Waals surface area contributed by atoms with E-state index in [1.807, 2.05) is 12.1 Å². The molecule has 1 spiro atoms. The number of ether oxygens (including phenoxy) is 2. The van der Waals surface area contributed by atoms with Gasteiger partial charge in [0.1, 0.15) is 12.4 Å². The van der Waals surface area contributed by atoms with Crippen molar-refractivity contribution in [1.82, 2.24) is 0 Å². The van der Waals surface area contributed by atoms with Crippen molar-refractivity contribution >= 4 is 5.96 Å². The maximum absolute atomic E-state index is 6.66. The Morgan fingerprint density at radius 1 is 1.00 bits per heavy atom. The summed E-state index contributed by atoms with van der Waals surface area (Å²) in [4.78, 5) is 15.9. The molecule has 4 fully saturated rings. The van der Waals surface area contributed by atoms with Gasteiger partial charge in [0.05, 0.1) is 6.54 Å². The summed E-state index contributed by atoms with van der Waals surface area (Å²) < 4.78 is 12.4. The molecule has 4 N–H and O–H groups in total. The highest BCUT2D eigenvalue weighted by atomic mass is 17.3. The summed E-state index contributed by atoms with van der Waals surface area (Å²) in [5, 5.41) is 0. The molecular formula is C26H39N3O4. The zero-order valence-electron chi connectivity index (χ0n) is 19.8. The first kappa shape index (κ1) is 22.9. The van der Waals surface area contributed by atoms with Crippen LogP contribution in [0.15, 0.2) is 29.3 Å². The lowest BCUT2D eigenvalue weighted by atomic mass is 9.66. The third-order valence-electron chi connectivity index (χ3n) is 8.37. The number of fused-ring (bicyclic) bond motifs is 2. The molecule has 0 aromatic heterocycles. The monoisotopic (exact) mass is 457 g/mol. The number of hydrogen-bond donors (Lipinski definition) is 2. The van der Waals surface area contributed by atoms with Gasteiger partial charge in [0.15, 0.2) is 5.96 Å². The van der Waals surface area contributed by atoms with E-state index >= 15 is 0 Å². The Kier molecular flexibility index (Phi) is 6.56. The van der Waals surface area contributed by atoms with Crippen molar-refractivity contribution < 1.29 is 19.2 Å². The first-order chi connectivity index (χ1) is 15.9. The summed E-state index contributed by atoms with van der Waals surface area (Å²) in [6.45, 7) is 3.03. The average Bonchev–Trinajstić information content (AvgIpc) is 3.14. The molecule has 0 amide bonds. The summed E-state index contributed by atoms with van der Waals surface area (Å²) in [6, 6.07) is 8.38. The number of aliphatic imine (C=N–C) groups is 1. The zero-order valence-corrected chi connectivity index (χ0v) is 19.8. The van der Waals surface area contributed by atoms with Crippen LogP contribution in [0.3, 0.4) is 0 Å². The normalized spacial score (nSPS) is 38.2. The fraction of sp³-hybridized carbons (Fsp3) is 0.731. The summed E-state index contributed by atoms with van der Waals surface area (Å²) in [5.74, 6) is 2.38. The molecule has 5 rings (SSSR count). The van der Waals surface area contributed by atoms with Crippen LogP contribution < -0.4 is 16.2 Å². The van der Waals surface area contributed by atoms with Crippen LogP contribution in [0.1, 0.15) is 82.6 Å². The van der Waals surface area contributed by atoms with Gasteiger partial charge in [0.25, 0.3) is 0 Å². The lowest BCUT2D eigenvalue weighted by Crippen LogP contribution is -2.45. The van der Waals surface area contributed by atoms with Crippen molar-refractivity contribution in [1.29, 1.82) is 0 Å². The van der Waals surface area contributed by atoms with Crippen molar-refractivity contribution in [2.45, 2.75) is 88.6 Å². The van der Waals surface area contributed by atoms with E-state index in [0.717, 1.165) is 43.3 Å². The SMILES string of the molecule is C[C@@]1(C2CC3CCCC(C3)C2)OOC2(CCC(c3ccc(OCCN=C(N)N)cc3)CC2)O1. The molecule has 1 aromatic carbocycles. The molecule has 3 atom stereocenters. The molecule has 1 aromatic rings. The van der Waals surface area contributed by atoms with Crippen LogP contribution in [0, 0.1) is 17.8 Å². The van der Waals surface area contributed by atoms with Crippen LogP contribution in [-0.4, -0.2) is 30.7 Å². The first-order valence-corrected chi connectivity index (χ1v) is 12.8. The number of nitrogens with zero attached hydrogens (tertiary/aromatic N) is 1. The highest BCUT2D eigenvalue weighted by Gasteiger charge is 2.56. The molecule has 2 bridgehead atoms. The summed E-state index contributed by atoms with van der Waals surface area (Å²) in [7, 11) is 0. The molecule has 33 heavy (non-hydrogen) atoms. The summed E-state index contributed by atoms with van der Waals surface area (Å²) in [5.41, 5.74) is 12.0. The van der Waals surface area contributed by atoms with Crippen LogP contribution in [0.5, 0.6) is 5.75 Å². The maximum atomic E-state index is 6.66. The summed E-state index contributed by atoms with van der Waals surface area (Å²) in [6.07, 6.45) is 11.8. The lowest BCUT2D eigenvalue weighted by Gasteiger charge is -2.44. The largest absolute Gasteiger partial charge is 0.492 e. The molecule has 1 aliphatic heterocycles. The van der Waals surface area contributed by atoms with Gasteiger partial charge in [-0.1, -0.05) is 31.4 Å². The Hall–Kier alpha value is -1.83. The fourth-order valence-corrected chi connectivity index (χ4v) is 6.62. The Morgan fingerprint density at radius 2 is 1.70 bits per heavy atom. The van der Waals surface area contributed by atoms with Crippen LogP contribution >= 0.6 is 0 Å². The molecule has 4 aliphatic rings. The van der Waals surface area contributed by atoms with Gasteiger partial charge in [-0.15, -0.1) is 0 Å². The van der Waals surface area contributed by atoms with Crippen LogP contribution in [0.2, 0.25) is 0 Å². The minimum Gasteiger partial charge on any atom is -0.492 e. The van der Waals surface area contributed by atoms with Gasteiger partial charge in [0, 0.05) is 18.8 Å². The van der Waals surface area contributed by atoms with Gasteiger partial charge in [-0.2, -0.15) is 9.78 Å². The highest BCUT2D eigenvalue weighted by molar-refractivity contribution is 5.75. The molecule has 3 saturated carbocycles. The van der Waals surface area contributed by atoms with Crippen molar-refractivity contribution in [2.75, 3.05) is 13.2 Å². The van der Waals surface area contributed by atoms with E-state index in [2.05, 4.69) is 24.0 Å². The topological polar surface area (TPSA) is 101 Å². The van der Waals surface area contributed by atoms with Gasteiger partial charge in [-0.05, 0) is 74.5 Å². The van der Waals surface area contributed by atoms with Gasteiger partial charge in [-0.25, -0.2) is 0 Å². The van der Waals surface area contributed by atoms with Crippen LogP contribution in [0.4, 0.5) is 0 Å². The predicted molar refractivity (Wildman–Crippen MR) is 126 cm³/mol. The molecule has 7 heteroatoms. The van der Waals surface area contributed by atoms with Crippen molar-refractivity contribution in [2.24, 2.45) is 34.2 Å². The van der Waals surface area contributed by atoms with Gasteiger partial charge >= 0.3 is 0 Å².